The van der Waals surface area contributed by atoms with Crippen LogP contribution in [-0.2, 0) is 9.53 Å². The summed E-state index contributed by atoms with van der Waals surface area (Å²) in [4.78, 5) is 45.7. The van der Waals surface area contributed by atoms with Gasteiger partial charge in [0.25, 0.3) is 11.6 Å². The van der Waals surface area contributed by atoms with Crippen LogP contribution in [0.25, 0.3) is 0 Å². The standard InChI is InChI=1S/C18H16N2O6/c1-11-5-3-8-15(17(11)20(24)25)18(23)26-10-16(22)19-14-7-4-6-13(9-14)12(2)21/h3-9H,10H2,1-2H3,(H,19,22). The molecule has 0 atom stereocenters. The SMILES string of the molecule is CC(=O)c1cccc(NC(=O)COC(=O)c2cccc(C)c2[N+](=O)[O-])c1. The van der Waals surface area contributed by atoms with Crippen molar-refractivity contribution in [2.75, 3.05) is 11.9 Å². The van der Waals surface area contributed by atoms with Crippen LogP contribution in [0.2, 0.25) is 0 Å². The molecule has 26 heavy (non-hydrogen) atoms. The lowest BCUT2D eigenvalue weighted by atomic mass is 10.1. The summed E-state index contributed by atoms with van der Waals surface area (Å²) in [5.74, 6) is -1.75. The number of ketones is 1. The quantitative estimate of drug-likeness (QED) is 0.368. The van der Waals surface area contributed by atoms with E-state index in [1.54, 1.807) is 18.2 Å². The number of carbonyl (C=O) groups is 3. The first-order chi connectivity index (χ1) is 12.3. The van der Waals surface area contributed by atoms with Gasteiger partial charge in [0.1, 0.15) is 5.56 Å². The Morgan fingerprint density at radius 1 is 1.15 bits per heavy atom. The van der Waals surface area contributed by atoms with E-state index in [-0.39, 0.29) is 17.0 Å². The van der Waals surface area contributed by atoms with E-state index in [1.807, 2.05) is 0 Å². The van der Waals surface area contributed by atoms with Gasteiger partial charge in [0.15, 0.2) is 12.4 Å². The third-order valence-corrected chi connectivity index (χ3v) is 3.53. The van der Waals surface area contributed by atoms with Crippen molar-refractivity contribution in [3.8, 4) is 0 Å². The van der Waals surface area contributed by atoms with Crippen molar-refractivity contribution >= 4 is 29.0 Å². The number of nitro groups is 1. The molecule has 0 heterocycles. The smallest absolute Gasteiger partial charge is 0.345 e. The number of Topliss-reactive ketones (excluding diaryl/α,β-unsaturated/α-hetero) is 1. The molecule has 0 aliphatic rings. The first-order valence-corrected chi connectivity index (χ1v) is 7.61. The zero-order valence-corrected chi connectivity index (χ0v) is 14.1. The molecule has 0 aromatic heterocycles. The third-order valence-electron chi connectivity index (χ3n) is 3.53. The van der Waals surface area contributed by atoms with Crippen molar-refractivity contribution in [1.82, 2.24) is 0 Å². The second-order valence-corrected chi connectivity index (χ2v) is 5.49. The molecule has 2 aromatic rings. The molecule has 0 radical (unpaired) electrons. The zero-order valence-electron chi connectivity index (χ0n) is 14.1. The first kappa shape index (κ1) is 18.8. The van der Waals surface area contributed by atoms with Gasteiger partial charge in [-0.1, -0.05) is 24.3 Å². The second kappa shape index (κ2) is 8.02. The number of carbonyl (C=O) groups excluding carboxylic acids is 3. The van der Waals surface area contributed by atoms with Gasteiger partial charge < -0.3 is 10.1 Å². The Morgan fingerprint density at radius 2 is 1.85 bits per heavy atom. The predicted octanol–water partition coefficient (Wildman–Crippen LogP) is 2.90. The zero-order chi connectivity index (χ0) is 19.3. The molecule has 0 bridgehead atoms. The summed E-state index contributed by atoms with van der Waals surface area (Å²) in [6, 6.07) is 10.5. The number of anilines is 1. The van der Waals surface area contributed by atoms with Crippen LogP contribution in [0.1, 0.15) is 33.2 Å². The molecule has 2 rings (SSSR count). The van der Waals surface area contributed by atoms with Crippen molar-refractivity contribution in [2.45, 2.75) is 13.8 Å². The lowest BCUT2D eigenvalue weighted by Gasteiger charge is -2.08. The van der Waals surface area contributed by atoms with Crippen LogP contribution in [0.15, 0.2) is 42.5 Å². The minimum Gasteiger partial charge on any atom is -0.452 e. The number of hydrogen-bond donors (Lipinski definition) is 1. The van der Waals surface area contributed by atoms with Crippen LogP contribution >= 0.6 is 0 Å². The minimum absolute atomic E-state index is 0.153. The lowest BCUT2D eigenvalue weighted by Crippen LogP contribution is -2.21. The molecule has 0 saturated heterocycles. The number of benzene rings is 2. The van der Waals surface area contributed by atoms with Crippen LogP contribution in [0, 0.1) is 17.0 Å². The van der Waals surface area contributed by atoms with Gasteiger partial charge in [-0.15, -0.1) is 0 Å². The second-order valence-electron chi connectivity index (χ2n) is 5.49. The molecule has 0 aliphatic carbocycles. The fourth-order valence-electron chi connectivity index (χ4n) is 2.29. The van der Waals surface area contributed by atoms with E-state index in [2.05, 4.69) is 5.32 Å². The number of ether oxygens (including phenoxy) is 1. The molecule has 0 aliphatic heterocycles. The Labute approximate surface area is 148 Å². The highest BCUT2D eigenvalue weighted by Gasteiger charge is 2.24. The van der Waals surface area contributed by atoms with Crippen molar-refractivity contribution in [2.24, 2.45) is 0 Å². The van der Waals surface area contributed by atoms with Crippen molar-refractivity contribution in [1.29, 1.82) is 0 Å². The average molecular weight is 356 g/mol. The lowest BCUT2D eigenvalue weighted by molar-refractivity contribution is -0.385. The van der Waals surface area contributed by atoms with Gasteiger partial charge in [-0.2, -0.15) is 0 Å². The summed E-state index contributed by atoms with van der Waals surface area (Å²) >= 11 is 0. The van der Waals surface area contributed by atoms with Gasteiger partial charge in [-0.25, -0.2) is 4.79 Å². The molecule has 0 unspecified atom stereocenters. The molecule has 0 saturated carbocycles. The van der Waals surface area contributed by atoms with Crippen LogP contribution in [0.4, 0.5) is 11.4 Å². The molecule has 134 valence electrons. The first-order valence-electron chi connectivity index (χ1n) is 7.61. The van der Waals surface area contributed by atoms with Gasteiger partial charge >= 0.3 is 5.97 Å². The van der Waals surface area contributed by atoms with Crippen molar-refractivity contribution in [3.05, 3.63) is 69.3 Å². The van der Waals surface area contributed by atoms with E-state index in [0.29, 0.717) is 16.8 Å². The Hall–Kier alpha value is -3.55. The van der Waals surface area contributed by atoms with E-state index >= 15 is 0 Å². The van der Waals surface area contributed by atoms with Gasteiger partial charge in [-0.3, -0.25) is 19.7 Å². The van der Waals surface area contributed by atoms with Gasteiger partial charge in [0, 0.05) is 16.8 Å². The van der Waals surface area contributed by atoms with E-state index in [0.717, 1.165) is 0 Å². The van der Waals surface area contributed by atoms with E-state index < -0.39 is 23.4 Å². The highest BCUT2D eigenvalue weighted by molar-refractivity contribution is 5.99. The highest BCUT2D eigenvalue weighted by atomic mass is 16.6. The fourth-order valence-corrected chi connectivity index (χ4v) is 2.29. The molecule has 8 nitrogen and oxygen atoms in total. The Bertz CT molecular complexity index is 891. The summed E-state index contributed by atoms with van der Waals surface area (Å²) in [7, 11) is 0. The Balaban J connectivity index is 2.03. The van der Waals surface area contributed by atoms with Crippen LogP contribution in [-0.4, -0.2) is 29.2 Å². The maximum absolute atomic E-state index is 12.1. The van der Waals surface area contributed by atoms with Gasteiger partial charge in [-0.05, 0) is 32.0 Å². The molecule has 0 fully saturated rings. The number of rotatable bonds is 6. The molecular formula is C18H16N2O6. The summed E-state index contributed by atoms with van der Waals surface area (Å²) < 4.78 is 4.86. The topological polar surface area (TPSA) is 116 Å². The number of nitro benzene ring substituents is 1. The van der Waals surface area contributed by atoms with Crippen LogP contribution < -0.4 is 5.32 Å². The van der Waals surface area contributed by atoms with Gasteiger partial charge in [0.05, 0.1) is 4.92 Å². The highest BCUT2D eigenvalue weighted by Crippen LogP contribution is 2.23. The molecule has 1 N–H and O–H groups in total. The maximum Gasteiger partial charge on any atom is 0.345 e. The monoisotopic (exact) mass is 356 g/mol. The maximum atomic E-state index is 12.1. The van der Waals surface area contributed by atoms with Crippen molar-refractivity contribution in [3.63, 3.8) is 0 Å². The molecule has 2 aromatic carbocycles. The van der Waals surface area contributed by atoms with Crippen LogP contribution in [0.3, 0.4) is 0 Å². The average Bonchev–Trinajstić information content (AvgIpc) is 2.59. The number of esters is 1. The number of hydrogen-bond acceptors (Lipinski definition) is 6. The minimum atomic E-state index is -0.965. The number of nitrogens with zero attached hydrogens (tertiary/aromatic N) is 1. The third kappa shape index (κ3) is 4.50. The molecule has 0 spiro atoms. The fraction of sp³-hybridized carbons (Fsp3) is 0.167. The van der Waals surface area contributed by atoms with Crippen molar-refractivity contribution < 1.29 is 24.0 Å². The van der Waals surface area contributed by atoms with E-state index in [1.165, 1.54) is 38.1 Å². The molecular weight excluding hydrogens is 340 g/mol. The van der Waals surface area contributed by atoms with Crippen LogP contribution in [0.5, 0.6) is 0 Å². The Kier molecular flexibility index (Phi) is 5.79. The number of amides is 1. The number of para-hydroxylation sites is 1. The molecule has 8 heteroatoms. The number of nitrogens with one attached hydrogen (secondary N) is 1. The summed E-state index contributed by atoms with van der Waals surface area (Å²) in [5, 5.41) is 13.6. The summed E-state index contributed by atoms with van der Waals surface area (Å²) in [6.45, 7) is 2.29. The largest absolute Gasteiger partial charge is 0.452 e. The van der Waals surface area contributed by atoms with Gasteiger partial charge in [0.2, 0.25) is 0 Å². The predicted molar refractivity (Wildman–Crippen MR) is 93.2 cm³/mol. The Morgan fingerprint density at radius 3 is 2.50 bits per heavy atom. The molecule has 1 amide bonds. The van der Waals surface area contributed by atoms with E-state index in [9.17, 15) is 24.5 Å². The summed E-state index contributed by atoms with van der Waals surface area (Å²) in [5.41, 5.74) is 0.541. The number of aryl methyl sites for hydroxylation is 1. The van der Waals surface area contributed by atoms with E-state index in [4.69, 9.17) is 4.74 Å². The summed E-state index contributed by atoms with van der Waals surface area (Å²) in [6.07, 6.45) is 0. The normalized spacial score (nSPS) is 10.1.